The Bertz CT molecular complexity index is 2320. The third kappa shape index (κ3) is 7.76. The molecule has 3 fully saturated rings. The van der Waals surface area contributed by atoms with Crippen molar-refractivity contribution in [2.75, 3.05) is 56.0 Å². The molecule has 8 heterocycles. The van der Waals surface area contributed by atoms with E-state index in [0.29, 0.717) is 49.0 Å². The molecule has 0 radical (unpaired) electrons. The van der Waals surface area contributed by atoms with Gasteiger partial charge in [-0.3, -0.25) is 44.0 Å². The number of aromatic nitrogens is 5. The molecular weight excluding hydrogens is 723 g/mol. The number of fused-ring (bicyclic) bond motifs is 3. The monoisotopic (exact) mass is 769 g/mol. The number of carbonyl (C=O) groups excluding carboxylic acids is 4. The van der Waals surface area contributed by atoms with Crippen LogP contribution in [0.3, 0.4) is 0 Å². The first-order chi connectivity index (χ1) is 27.7. The van der Waals surface area contributed by atoms with Crippen LogP contribution in [0.4, 0.5) is 11.4 Å². The van der Waals surface area contributed by atoms with E-state index in [1.54, 1.807) is 18.5 Å². The second-order valence-electron chi connectivity index (χ2n) is 15.8. The fraction of sp³-hybridized carbons (Fsp3) is 0.405. The minimum Gasteiger partial charge on any atom is -0.371 e. The Morgan fingerprint density at radius 3 is 2.47 bits per heavy atom. The summed E-state index contributed by atoms with van der Waals surface area (Å²) in [5, 5.41) is 13.6. The van der Waals surface area contributed by atoms with E-state index in [4.69, 9.17) is 0 Å². The first kappa shape index (κ1) is 36.7. The maximum atomic E-state index is 13.2. The van der Waals surface area contributed by atoms with Gasteiger partial charge >= 0.3 is 0 Å². The molecule has 5 aromatic rings. The van der Waals surface area contributed by atoms with Crippen molar-refractivity contribution < 1.29 is 19.2 Å². The topological polar surface area (TPSA) is 163 Å². The van der Waals surface area contributed by atoms with Crippen LogP contribution in [0.1, 0.15) is 82.2 Å². The van der Waals surface area contributed by atoms with E-state index >= 15 is 0 Å². The zero-order chi connectivity index (χ0) is 39.0. The van der Waals surface area contributed by atoms with Gasteiger partial charge < -0.3 is 20.1 Å². The first-order valence-corrected chi connectivity index (χ1v) is 20.0. The van der Waals surface area contributed by atoms with E-state index in [1.807, 2.05) is 40.7 Å². The van der Waals surface area contributed by atoms with Gasteiger partial charge in [-0.05, 0) is 73.2 Å². The van der Waals surface area contributed by atoms with Gasteiger partial charge in [-0.1, -0.05) is 18.2 Å². The van der Waals surface area contributed by atoms with Crippen LogP contribution in [0.2, 0.25) is 0 Å². The molecular formula is C42H47N11O4. The number of benzene rings is 1. The molecule has 3 N–H and O–H groups in total. The molecule has 4 amide bonds. The molecule has 2 atom stereocenters. The number of hydrogen-bond acceptors (Lipinski definition) is 10. The lowest BCUT2D eigenvalue weighted by Gasteiger charge is -2.43. The van der Waals surface area contributed by atoms with Gasteiger partial charge in [0, 0.05) is 94.5 Å². The number of carbonyl (C=O) groups is 4. The summed E-state index contributed by atoms with van der Waals surface area (Å²) < 4.78 is 3.71. The van der Waals surface area contributed by atoms with Crippen LogP contribution in [-0.2, 0) is 22.7 Å². The van der Waals surface area contributed by atoms with Crippen molar-refractivity contribution in [3.8, 4) is 0 Å². The molecule has 294 valence electrons. The van der Waals surface area contributed by atoms with Gasteiger partial charge in [-0.15, -0.1) is 0 Å². The molecule has 1 aromatic carbocycles. The average molecular weight is 770 g/mol. The van der Waals surface area contributed by atoms with Crippen molar-refractivity contribution in [2.24, 2.45) is 0 Å². The van der Waals surface area contributed by atoms with E-state index in [0.717, 1.165) is 80.7 Å². The summed E-state index contributed by atoms with van der Waals surface area (Å²) in [4.78, 5) is 66.2. The molecule has 3 saturated heterocycles. The van der Waals surface area contributed by atoms with Crippen LogP contribution in [0.25, 0.3) is 11.0 Å². The van der Waals surface area contributed by atoms with Crippen LogP contribution >= 0.6 is 0 Å². The Kier molecular flexibility index (Phi) is 10.0. The molecule has 1 unspecified atom stereocenters. The van der Waals surface area contributed by atoms with Crippen molar-refractivity contribution in [3.05, 3.63) is 101 Å². The molecule has 4 aromatic heterocycles. The lowest BCUT2D eigenvalue weighted by Crippen LogP contribution is -2.53. The lowest BCUT2D eigenvalue weighted by atomic mass is 9.91. The Hall–Kier alpha value is -5.93. The van der Waals surface area contributed by atoms with Gasteiger partial charge in [0.2, 0.25) is 11.8 Å². The highest BCUT2D eigenvalue weighted by Crippen LogP contribution is 2.28. The van der Waals surface area contributed by atoms with E-state index in [1.165, 1.54) is 5.69 Å². The third-order valence-corrected chi connectivity index (χ3v) is 11.9. The van der Waals surface area contributed by atoms with Gasteiger partial charge in [-0.25, -0.2) is 4.98 Å². The minimum absolute atomic E-state index is 0.0386. The molecule has 0 aliphatic carbocycles. The number of piperidine rings is 2. The number of amides is 4. The standard InChI is InChI=1S/C42H47N11O4/c1-27-20-44-42(57)37-19-30-4-8-36(47-39(30)53(27)37)41(56)46-32-23-45-52(26-32)25-28-2-5-33(6-3-28)50-12-10-34(11-13-50)51-16-14-49(15-17-51)24-29-18-31(22-43-21-29)35-7-9-38(54)48-40(35)55/h2-6,8,18-19,21-23,26-27,34-35H,7,9-17,20,24-25H2,1H3,(H,44,57)(H,46,56)(H,48,54,55)/t27-,35?/m1/s1. The minimum atomic E-state index is -0.334. The summed E-state index contributed by atoms with van der Waals surface area (Å²) in [5.41, 5.74) is 6.39. The smallest absolute Gasteiger partial charge is 0.274 e. The maximum absolute atomic E-state index is 13.2. The van der Waals surface area contributed by atoms with Crippen LogP contribution in [-0.4, -0.2) is 110 Å². The summed E-state index contributed by atoms with van der Waals surface area (Å²) >= 11 is 0. The Morgan fingerprint density at radius 1 is 0.877 bits per heavy atom. The van der Waals surface area contributed by atoms with Crippen LogP contribution in [0, 0.1) is 0 Å². The lowest BCUT2D eigenvalue weighted by molar-refractivity contribution is -0.134. The van der Waals surface area contributed by atoms with E-state index in [-0.39, 0.29) is 41.3 Å². The number of nitrogens with one attached hydrogen (secondary N) is 3. The highest BCUT2D eigenvalue weighted by Gasteiger charge is 2.30. The zero-order valence-electron chi connectivity index (χ0n) is 32.1. The van der Waals surface area contributed by atoms with Gasteiger partial charge in [0.15, 0.2) is 0 Å². The summed E-state index contributed by atoms with van der Waals surface area (Å²) in [7, 11) is 0. The number of nitrogens with zero attached hydrogens (tertiary/aromatic N) is 8. The number of piperazine rings is 1. The summed E-state index contributed by atoms with van der Waals surface area (Å²) in [6.45, 7) is 10.0. The van der Waals surface area contributed by atoms with Gasteiger partial charge in [0.25, 0.3) is 11.8 Å². The molecule has 0 spiro atoms. The fourth-order valence-electron chi connectivity index (χ4n) is 8.80. The van der Waals surface area contributed by atoms with E-state index < -0.39 is 0 Å². The highest BCUT2D eigenvalue weighted by atomic mass is 16.2. The molecule has 0 bridgehead atoms. The predicted molar refractivity (Wildman–Crippen MR) is 214 cm³/mol. The number of imide groups is 1. The molecule has 57 heavy (non-hydrogen) atoms. The largest absolute Gasteiger partial charge is 0.371 e. The predicted octanol–water partition coefficient (Wildman–Crippen LogP) is 3.54. The number of pyridine rings is 2. The summed E-state index contributed by atoms with van der Waals surface area (Å²) in [6.07, 6.45) is 10.3. The molecule has 4 aliphatic heterocycles. The number of anilines is 2. The Morgan fingerprint density at radius 2 is 1.68 bits per heavy atom. The van der Waals surface area contributed by atoms with Gasteiger partial charge in [0.1, 0.15) is 17.0 Å². The Labute approximate surface area is 330 Å². The Balaban J connectivity index is 0.730. The number of rotatable bonds is 9. The molecule has 15 heteroatoms. The second-order valence-corrected chi connectivity index (χ2v) is 15.8. The van der Waals surface area contributed by atoms with Crippen molar-refractivity contribution in [2.45, 2.75) is 63.7 Å². The normalized spacial score (nSPS) is 21.0. The quantitative estimate of drug-likeness (QED) is 0.189. The summed E-state index contributed by atoms with van der Waals surface area (Å²) in [6, 6.07) is 16.7. The average Bonchev–Trinajstić information content (AvgIpc) is 3.84. The van der Waals surface area contributed by atoms with Crippen LogP contribution in [0.5, 0.6) is 0 Å². The van der Waals surface area contributed by atoms with Crippen LogP contribution < -0.4 is 20.9 Å². The molecule has 9 rings (SSSR count). The number of hydrogen-bond donors (Lipinski definition) is 3. The van der Waals surface area contributed by atoms with Crippen molar-refractivity contribution in [1.29, 1.82) is 0 Å². The molecule has 0 saturated carbocycles. The van der Waals surface area contributed by atoms with Crippen molar-refractivity contribution in [1.82, 2.24) is 44.7 Å². The van der Waals surface area contributed by atoms with Gasteiger partial charge in [-0.2, -0.15) is 5.10 Å². The fourth-order valence-corrected chi connectivity index (χ4v) is 8.80. The van der Waals surface area contributed by atoms with Crippen LogP contribution in [0.15, 0.2) is 73.3 Å². The summed E-state index contributed by atoms with van der Waals surface area (Å²) in [5.74, 6) is -1.19. The first-order valence-electron chi connectivity index (χ1n) is 20.0. The SMILES string of the molecule is C[C@@H]1CNC(=O)c2cc3ccc(C(=O)Nc4cnn(Cc5ccc(N6CCC(N7CCN(Cc8cncc(C9CCC(=O)NC9=O)c8)CC7)CC6)cc5)c4)nc3n21. The molecule has 15 nitrogen and oxygen atoms in total. The van der Waals surface area contributed by atoms with Crippen molar-refractivity contribution >= 4 is 46.0 Å². The zero-order valence-corrected chi connectivity index (χ0v) is 32.1. The molecule has 4 aliphatic rings. The highest BCUT2D eigenvalue weighted by molar-refractivity contribution is 6.05. The van der Waals surface area contributed by atoms with E-state index in [9.17, 15) is 19.2 Å². The van der Waals surface area contributed by atoms with Crippen molar-refractivity contribution in [3.63, 3.8) is 0 Å². The maximum Gasteiger partial charge on any atom is 0.274 e. The second kappa shape index (κ2) is 15.5. The van der Waals surface area contributed by atoms with Gasteiger partial charge in [0.05, 0.1) is 30.4 Å². The van der Waals surface area contributed by atoms with E-state index in [2.05, 4.69) is 76.0 Å². The third-order valence-electron chi connectivity index (χ3n) is 11.9.